The quantitative estimate of drug-likeness (QED) is 0.450. The van der Waals surface area contributed by atoms with Gasteiger partial charge in [-0.05, 0) is 51.1 Å². The Labute approximate surface area is 193 Å². The predicted molar refractivity (Wildman–Crippen MR) is 130 cm³/mol. The zero-order valence-corrected chi connectivity index (χ0v) is 20.0. The predicted octanol–water partition coefficient (Wildman–Crippen LogP) is 3.86. The van der Waals surface area contributed by atoms with Crippen molar-refractivity contribution in [1.29, 1.82) is 0 Å². The second-order valence-electron chi connectivity index (χ2n) is 8.48. The maximum absolute atomic E-state index is 13.6. The van der Waals surface area contributed by atoms with Crippen molar-refractivity contribution in [3.05, 3.63) is 65.0 Å². The van der Waals surface area contributed by atoms with Crippen LogP contribution in [0, 0.1) is 13.8 Å². The Morgan fingerprint density at radius 3 is 2.42 bits per heavy atom. The molecule has 170 valence electrons. The lowest BCUT2D eigenvalue weighted by atomic mass is 10.0. The number of aryl methyl sites for hydroxylation is 2. The molecule has 8 nitrogen and oxygen atoms in total. The average Bonchev–Trinajstić information content (AvgIpc) is 3.16. The fourth-order valence-corrected chi connectivity index (χ4v) is 3.84. The number of amides is 1. The Hall–Kier alpha value is -3.81. The van der Waals surface area contributed by atoms with Crippen LogP contribution in [0.15, 0.2) is 42.6 Å². The normalized spacial score (nSPS) is 11.1. The molecule has 0 atom stereocenters. The molecular weight excluding hydrogens is 414 g/mol. The Kier molecular flexibility index (Phi) is 6.09. The molecule has 0 aliphatic rings. The number of hydrogen-bond acceptors (Lipinski definition) is 6. The standard InChI is InChI=1S/C25H29N7O/c1-7-32-17(3)18(14-26-32)15-31(6)25(33)20-13-23(22-10-11-24(29-28-22)30(4)5)27-21-9-8-16(2)12-19(20)21/h8-14H,7,15H2,1-6H3. The average molecular weight is 444 g/mol. The molecule has 3 aromatic heterocycles. The van der Waals surface area contributed by atoms with E-state index in [9.17, 15) is 4.79 Å². The van der Waals surface area contributed by atoms with Crippen molar-refractivity contribution in [3.8, 4) is 11.4 Å². The molecule has 1 amide bonds. The van der Waals surface area contributed by atoms with Crippen LogP contribution in [0.25, 0.3) is 22.3 Å². The first-order valence-electron chi connectivity index (χ1n) is 11.0. The topological polar surface area (TPSA) is 80.0 Å². The fraction of sp³-hybridized carbons (Fsp3) is 0.320. The molecule has 33 heavy (non-hydrogen) atoms. The second-order valence-corrected chi connectivity index (χ2v) is 8.48. The van der Waals surface area contributed by atoms with Gasteiger partial charge in [-0.1, -0.05) is 11.6 Å². The van der Waals surface area contributed by atoms with Gasteiger partial charge in [-0.15, -0.1) is 10.2 Å². The van der Waals surface area contributed by atoms with Crippen LogP contribution >= 0.6 is 0 Å². The van der Waals surface area contributed by atoms with Crippen LogP contribution in [0.2, 0.25) is 0 Å². The number of hydrogen-bond donors (Lipinski definition) is 0. The molecule has 0 bridgehead atoms. The summed E-state index contributed by atoms with van der Waals surface area (Å²) >= 11 is 0. The molecule has 0 saturated carbocycles. The summed E-state index contributed by atoms with van der Waals surface area (Å²) in [5.74, 6) is 0.685. The number of anilines is 1. The molecule has 0 aliphatic heterocycles. The van der Waals surface area contributed by atoms with E-state index in [1.807, 2.05) is 87.2 Å². The molecule has 8 heteroatoms. The lowest BCUT2D eigenvalue weighted by Crippen LogP contribution is -2.27. The van der Waals surface area contributed by atoms with E-state index in [2.05, 4.69) is 22.2 Å². The second kappa shape index (κ2) is 8.97. The molecule has 4 aromatic rings. The van der Waals surface area contributed by atoms with Crippen molar-refractivity contribution in [2.75, 3.05) is 26.0 Å². The molecule has 0 radical (unpaired) electrons. The van der Waals surface area contributed by atoms with Crippen molar-refractivity contribution in [2.24, 2.45) is 0 Å². The highest BCUT2D eigenvalue weighted by molar-refractivity contribution is 6.07. The van der Waals surface area contributed by atoms with Crippen LogP contribution in [0.4, 0.5) is 5.82 Å². The molecule has 0 spiro atoms. The smallest absolute Gasteiger partial charge is 0.254 e. The molecule has 0 fully saturated rings. The Morgan fingerprint density at radius 1 is 1.00 bits per heavy atom. The first-order chi connectivity index (χ1) is 15.8. The van der Waals surface area contributed by atoms with Gasteiger partial charge in [0, 0.05) is 50.9 Å². The number of carbonyl (C=O) groups excluding carboxylic acids is 1. The van der Waals surface area contributed by atoms with E-state index in [0.717, 1.165) is 40.1 Å². The summed E-state index contributed by atoms with van der Waals surface area (Å²) in [5.41, 5.74) is 5.78. The van der Waals surface area contributed by atoms with Gasteiger partial charge in [0.25, 0.3) is 5.91 Å². The van der Waals surface area contributed by atoms with E-state index in [4.69, 9.17) is 4.98 Å². The third kappa shape index (κ3) is 4.41. The highest BCUT2D eigenvalue weighted by atomic mass is 16.2. The van der Waals surface area contributed by atoms with E-state index in [1.165, 1.54) is 0 Å². The highest BCUT2D eigenvalue weighted by Gasteiger charge is 2.20. The van der Waals surface area contributed by atoms with Gasteiger partial charge in [0.1, 0.15) is 5.69 Å². The van der Waals surface area contributed by atoms with Crippen LogP contribution in [-0.4, -0.2) is 56.9 Å². The van der Waals surface area contributed by atoms with Crippen LogP contribution in [-0.2, 0) is 13.1 Å². The zero-order chi connectivity index (χ0) is 23.7. The summed E-state index contributed by atoms with van der Waals surface area (Å²) in [6.45, 7) is 7.38. The summed E-state index contributed by atoms with van der Waals surface area (Å²) in [5, 5.41) is 13.8. The van der Waals surface area contributed by atoms with Gasteiger partial charge < -0.3 is 9.80 Å². The lowest BCUT2D eigenvalue weighted by Gasteiger charge is -2.19. The van der Waals surface area contributed by atoms with Crippen molar-refractivity contribution in [2.45, 2.75) is 33.9 Å². The number of benzene rings is 1. The first kappa shape index (κ1) is 22.4. The van der Waals surface area contributed by atoms with E-state index in [1.54, 1.807) is 4.90 Å². The summed E-state index contributed by atoms with van der Waals surface area (Å²) in [6, 6.07) is 11.6. The Bertz CT molecular complexity index is 1310. The lowest BCUT2D eigenvalue weighted by molar-refractivity contribution is 0.0787. The minimum atomic E-state index is -0.0734. The van der Waals surface area contributed by atoms with Gasteiger partial charge in [0.05, 0.1) is 23.0 Å². The summed E-state index contributed by atoms with van der Waals surface area (Å²) in [4.78, 5) is 22.0. The van der Waals surface area contributed by atoms with E-state index < -0.39 is 0 Å². The molecule has 0 saturated heterocycles. The van der Waals surface area contributed by atoms with Gasteiger partial charge in [0.15, 0.2) is 5.82 Å². The van der Waals surface area contributed by atoms with E-state index in [0.29, 0.717) is 23.5 Å². The van der Waals surface area contributed by atoms with Crippen molar-refractivity contribution in [1.82, 2.24) is 29.9 Å². The third-order valence-electron chi connectivity index (χ3n) is 5.82. The number of rotatable bonds is 6. The van der Waals surface area contributed by atoms with Crippen LogP contribution in [0.1, 0.15) is 34.1 Å². The Morgan fingerprint density at radius 2 is 1.79 bits per heavy atom. The maximum Gasteiger partial charge on any atom is 0.254 e. The van der Waals surface area contributed by atoms with Gasteiger partial charge in [-0.3, -0.25) is 9.48 Å². The number of aromatic nitrogens is 5. The molecule has 3 heterocycles. The van der Waals surface area contributed by atoms with Crippen molar-refractivity contribution in [3.63, 3.8) is 0 Å². The van der Waals surface area contributed by atoms with E-state index >= 15 is 0 Å². The molecule has 0 aliphatic carbocycles. The largest absolute Gasteiger partial charge is 0.361 e. The van der Waals surface area contributed by atoms with Gasteiger partial charge in [0.2, 0.25) is 0 Å². The molecule has 1 aromatic carbocycles. The van der Waals surface area contributed by atoms with Gasteiger partial charge in [-0.2, -0.15) is 5.10 Å². The molecular formula is C25H29N7O. The maximum atomic E-state index is 13.6. The number of fused-ring (bicyclic) bond motifs is 1. The number of pyridine rings is 1. The van der Waals surface area contributed by atoms with Crippen molar-refractivity contribution >= 4 is 22.6 Å². The highest BCUT2D eigenvalue weighted by Crippen LogP contribution is 2.26. The van der Waals surface area contributed by atoms with Crippen LogP contribution in [0.5, 0.6) is 0 Å². The number of nitrogens with zero attached hydrogens (tertiary/aromatic N) is 7. The zero-order valence-electron chi connectivity index (χ0n) is 20.0. The minimum Gasteiger partial charge on any atom is -0.361 e. The Balaban J connectivity index is 1.75. The minimum absolute atomic E-state index is 0.0734. The van der Waals surface area contributed by atoms with Crippen LogP contribution in [0.3, 0.4) is 0 Å². The first-order valence-corrected chi connectivity index (χ1v) is 11.0. The molecule has 0 unspecified atom stereocenters. The van der Waals surface area contributed by atoms with Gasteiger partial charge >= 0.3 is 0 Å². The number of carbonyl (C=O) groups is 1. The summed E-state index contributed by atoms with van der Waals surface area (Å²) < 4.78 is 1.94. The van der Waals surface area contributed by atoms with Crippen LogP contribution < -0.4 is 4.90 Å². The third-order valence-corrected chi connectivity index (χ3v) is 5.82. The summed E-state index contributed by atoms with van der Waals surface area (Å²) in [6.07, 6.45) is 1.84. The SMILES string of the molecule is CCn1ncc(CN(C)C(=O)c2cc(-c3ccc(N(C)C)nn3)nc3ccc(C)cc23)c1C. The fourth-order valence-electron chi connectivity index (χ4n) is 3.84. The van der Waals surface area contributed by atoms with Gasteiger partial charge in [-0.25, -0.2) is 4.98 Å². The molecule has 4 rings (SSSR count). The summed E-state index contributed by atoms with van der Waals surface area (Å²) in [7, 11) is 5.65. The van der Waals surface area contributed by atoms with Crippen molar-refractivity contribution < 1.29 is 4.79 Å². The molecule has 0 N–H and O–H groups in total. The monoisotopic (exact) mass is 443 g/mol. The van der Waals surface area contributed by atoms with E-state index in [-0.39, 0.29) is 5.91 Å².